The van der Waals surface area contributed by atoms with Crippen LogP contribution in [0.25, 0.3) is 0 Å². The number of Topliss-reactive ketones (excluding diaryl/α,β-unsaturated/α-hetero) is 2. The molecule has 1 heterocycles. The maximum atomic E-state index is 13.0. The highest BCUT2D eigenvalue weighted by Gasteiger charge is 2.46. The smallest absolute Gasteiger partial charge is 0.338 e. The molecule has 2 N–H and O–H groups in total. The number of carbonyl (C=O) groups is 3. The van der Waals surface area contributed by atoms with Gasteiger partial charge in [-0.05, 0) is 33.3 Å². The number of esters is 1. The SMILES string of the molecule is Cc1nc(C)c(COC(=O)C2=CC3C(=O)C4=CCCC(=O)C4=C(O)C3C(O)=C2)nc1C. The summed E-state index contributed by atoms with van der Waals surface area (Å²) in [5.41, 5.74) is 2.81. The highest BCUT2D eigenvalue weighted by Crippen LogP contribution is 2.43. The molecular weight excluding hydrogens is 400 g/mol. The van der Waals surface area contributed by atoms with Crippen LogP contribution >= 0.6 is 0 Å². The number of carbonyl (C=O) groups excluding carboxylic acids is 3. The van der Waals surface area contributed by atoms with Gasteiger partial charge in [-0.25, -0.2) is 4.79 Å². The minimum atomic E-state index is -1.08. The van der Waals surface area contributed by atoms with E-state index in [4.69, 9.17) is 4.74 Å². The predicted molar refractivity (Wildman–Crippen MR) is 109 cm³/mol. The van der Waals surface area contributed by atoms with Crippen LogP contribution in [0, 0.1) is 32.6 Å². The highest BCUT2D eigenvalue weighted by atomic mass is 16.5. The van der Waals surface area contributed by atoms with Crippen molar-refractivity contribution in [2.45, 2.75) is 40.2 Å². The van der Waals surface area contributed by atoms with Gasteiger partial charge in [-0.15, -0.1) is 0 Å². The maximum absolute atomic E-state index is 13.0. The molecule has 0 saturated heterocycles. The van der Waals surface area contributed by atoms with Gasteiger partial charge in [0.25, 0.3) is 0 Å². The first-order valence-corrected chi connectivity index (χ1v) is 10.00. The number of aliphatic hydroxyl groups excluding tert-OH is 2. The lowest BCUT2D eigenvalue weighted by atomic mass is 9.69. The quantitative estimate of drug-likeness (QED) is 0.712. The highest BCUT2D eigenvalue weighted by molar-refractivity contribution is 6.17. The van der Waals surface area contributed by atoms with Crippen LogP contribution in [0.4, 0.5) is 0 Å². The van der Waals surface area contributed by atoms with E-state index in [1.165, 1.54) is 6.08 Å². The van der Waals surface area contributed by atoms with Crippen LogP contribution in [-0.4, -0.2) is 37.7 Å². The van der Waals surface area contributed by atoms with Gasteiger partial charge in [0.15, 0.2) is 11.6 Å². The average molecular weight is 422 g/mol. The molecule has 0 radical (unpaired) electrons. The largest absolute Gasteiger partial charge is 0.511 e. The minimum absolute atomic E-state index is 0.000492. The fourth-order valence-electron chi connectivity index (χ4n) is 4.11. The molecule has 4 rings (SSSR count). The molecule has 3 aliphatic rings. The third-order valence-electron chi connectivity index (χ3n) is 5.88. The lowest BCUT2D eigenvalue weighted by molar-refractivity contribution is -0.140. The van der Waals surface area contributed by atoms with Crippen LogP contribution in [0.3, 0.4) is 0 Å². The summed E-state index contributed by atoms with van der Waals surface area (Å²) >= 11 is 0. The van der Waals surface area contributed by atoms with Crippen molar-refractivity contribution in [3.8, 4) is 0 Å². The van der Waals surface area contributed by atoms with Gasteiger partial charge in [-0.1, -0.05) is 12.2 Å². The van der Waals surface area contributed by atoms with Crippen molar-refractivity contribution in [3.05, 3.63) is 69.2 Å². The van der Waals surface area contributed by atoms with E-state index in [0.29, 0.717) is 17.8 Å². The van der Waals surface area contributed by atoms with Crippen molar-refractivity contribution >= 4 is 17.5 Å². The Hall–Kier alpha value is -3.55. The number of hydrogen-bond acceptors (Lipinski definition) is 8. The molecule has 0 aromatic carbocycles. The molecular formula is C23H22N2O6. The van der Waals surface area contributed by atoms with Crippen LogP contribution in [0.2, 0.25) is 0 Å². The fourth-order valence-corrected chi connectivity index (χ4v) is 4.11. The zero-order valence-electron chi connectivity index (χ0n) is 17.4. The van der Waals surface area contributed by atoms with Gasteiger partial charge in [0.2, 0.25) is 0 Å². The van der Waals surface area contributed by atoms with Crippen molar-refractivity contribution in [1.29, 1.82) is 0 Å². The van der Waals surface area contributed by atoms with Crippen molar-refractivity contribution in [2.75, 3.05) is 0 Å². The van der Waals surface area contributed by atoms with E-state index in [9.17, 15) is 24.6 Å². The van der Waals surface area contributed by atoms with E-state index in [1.54, 1.807) is 13.0 Å². The summed E-state index contributed by atoms with van der Waals surface area (Å²) in [6.07, 6.45) is 4.76. The Morgan fingerprint density at radius 3 is 2.58 bits per heavy atom. The van der Waals surface area contributed by atoms with Gasteiger partial charge in [0, 0.05) is 12.0 Å². The van der Waals surface area contributed by atoms with E-state index in [0.717, 1.165) is 17.5 Å². The molecule has 0 spiro atoms. The first kappa shape index (κ1) is 20.7. The summed E-state index contributed by atoms with van der Waals surface area (Å²) in [7, 11) is 0. The summed E-state index contributed by atoms with van der Waals surface area (Å²) in [6.45, 7) is 5.31. The van der Waals surface area contributed by atoms with Crippen molar-refractivity contribution in [3.63, 3.8) is 0 Å². The summed E-state index contributed by atoms with van der Waals surface area (Å²) in [5.74, 6) is -4.24. The number of hydrogen-bond donors (Lipinski definition) is 2. The van der Waals surface area contributed by atoms with Crippen LogP contribution in [-0.2, 0) is 25.7 Å². The lowest BCUT2D eigenvalue weighted by Crippen LogP contribution is -2.37. The second kappa shape index (κ2) is 7.61. The van der Waals surface area contributed by atoms with Crippen molar-refractivity contribution < 1.29 is 29.3 Å². The van der Waals surface area contributed by atoms with Crippen LogP contribution in [0.5, 0.6) is 0 Å². The van der Waals surface area contributed by atoms with E-state index in [1.807, 2.05) is 13.8 Å². The summed E-state index contributed by atoms with van der Waals surface area (Å²) < 4.78 is 5.34. The minimum Gasteiger partial charge on any atom is -0.511 e. The normalized spacial score (nSPS) is 22.9. The molecule has 0 amide bonds. The maximum Gasteiger partial charge on any atom is 0.338 e. The Labute approximate surface area is 178 Å². The molecule has 0 saturated carbocycles. The van der Waals surface area contributed by atoms with Crippen LogP contribution in [0.1, 0.15) is 35.6 Å². The molecule has 31 heavy (non-hydrogen) atoms. The van der Waals surface area contributed by atoms with Crippen LogP contribution in [0.15, 0.2) is 46.5 Å². The number of aryl methyl sites for hydroxylation is 3. The molecule has 0 aliphatic heterocycles. The zero-order chi connectivity index (χ0) is 22.4. The number of aromatic nitrogens is 2. The van der Waals surface area contributed by atoms with Gasteiger partial charge in [0.05, 0.1) is 45.8 Å². The van der Waals surface area contributed by atoms with E-state index in [-0.39, 0.29) is 47.0 Å². The molecule has 1 aromatic heterocycles. The molecule has 160 valence electrons. The summed E-state index contributed by atoms with van der Waals surface area (Å²) in [4.78, 5) is 46.6. The predicted octanol–water partition coefficient (Wildman–Crippen LogP) is 2.74. The number of rotatable bonds is 3. The number of aliphatic hydroxyl groups is 2. The van der Waals surface area contributed by atoms with E-state index < -0.39 is 23.6 Å². The Kier molecular flexibility index (Phi) is 5.08. The molecule has 0 bridgehead atoms. The standard InChI is InChI=1S/C23H22N2O6/c1-10-11(2)25-16(12(3)24-10)9-31-23(30)13-7-15-20(18(27)8-13)22(29)19-14(21(15)28)5-4-6-17(19)26/h5,7-8,15,20,27,29H,4,6,9H2,1-3H3. The second-order valence-corrected chi connectivity index (χ2v) is 7.90. The molecule has 0 fully saturated rings. The topological polar surface area (TPSA) is 127 Å². The summed E-state index contributed by atoms with van der Waals surface area (Å²) in [5, 5.41) is 21.1. The molecule has 8 nitrogen and oxygen atoms in total. The summed E-state index contributed by atoms with van der Waals surface area (Å²) in [6, 6.07) is 0. The number of ether oxygens (including phenoxy) is 1. The van der Waals surface area contributed by atoms with Gasteiger partial charge in [-0.3, -0.25) is 19.6 Å². The number of fused-ring (bicyclic) bond motifs is 2. The fraction of sp³-hybridized carbons (Fsp3) is 0.348. The van der Waals surface area contributed by atoms with Crippen molar-refractivity contribution in [1.82, 2.24) is 9.97 Å². The third-order valence-corrected chi connectivity index (χ3v) is 5.88. The molecule has 2 unspecified atom stereocenters. The first-order valence-electron chi connectivity index (χ1n) is 10.00. The molecule has 3 aliphatic carbocycles. The molecule has 8 heteroatoms. The average Bonchev–Trinajstić information content (AvgIpc) is 2.72. The Morgan fingerprint density at radius 1 is 1.13 bits per heavy atom. The van der Waals surface area contributed by atoms with Crippen molar-refractivity contribution in [2.24, 2.45) is 11.8 Å². The lowest BCUT2D eigenvalue weighted by Gasteiger charge is -2.34. The third kappa shape index (κ3) is 3.48. The number of allylic oxidation sites excluding steroid dienone is 4. The first-order chi connectivity index (χ1) is 14.7. The van der Waals surface area contributed by atoms with Gasteiger partial charge in [0.1, 0.15) is 18.1 Å². The Morgan fingerprint density at radius 2 is 1.84 bits per heavy atom. The Balaban J connectivity index is 1.60. The van der Waals surface area contributed by atoms with E-state index >= 15 is 0 Å². The molecule has 1 aromatic rings. The Bertz CT molecular complexity index is 1150. The molecule has 2 atom stereocenters. The van der Waals surface area contributed by atoms with Gasteiger partial charge in [-0.2, -0.15) is 0 Å². The zero-order valence-corrected chi connectivity index (χ0v) is 17.4. The number of nitrogens with zero attached hydrogens (tertiary/aromatic N) is 2. The van der Waals surface area contributed by atoms with Gasteiger partial charge < -0.3 is 14.9 Å². The number of ketones is 2. The van der Waals surface area contributed by atoms with Gasteiger partial charge >= 0.3 is 5.97 Å². The monoisotopic (exact) mass is 422 g/mol. The van der Waals surface area contributed by atoms with Crippen LogP contribution < -0.4 is 0 Å². The van der Waals surface area contributed by atoms with E-state index in [2.05, 4.69) is 9.97 Å². The second-order valence-electron chi connectivity index (χ2n) is 7.90.